The largest absolute Gasteiger partial charge is 0.374 e. The molecular formula is C16H23NO. The fourth-order valence-electron chi connectivity index (χ4n) is 3.84. The SMILES string of the molecule is Cc1cccc(C)c1CC1(CN)CC2CCC1O2. The molecule has 18 heavy (non-hydrogen) atoms. The van der Waals surface area contributed by atoms with Crippen molar-refractivity contribution in [2.75, 3.05) is 6.54 Å². The fourth-order valence-corrected chi connectivity index (χ4v) is 3.84. The van der Waals surface area contributed by atoms with Gasteiger partial charge in [-0.25, -0.2) is 0 Å². The normalized spacial score (nSPS) is 34.2. The van der Waals surface area contributed by atoms with Gasteiger partial charge in [-0.15, -0.1) is 0 Å². The van der Waals surface area contributed by atoms with Crippen LogP contribution in [0.15, 0.2) is 18.2 Å². The minimum Gasteiger partial charge on any atom is -0.374 e. The van der Waals surface area contributed by atoms with E-state index in [1.54, 1.807) is 0 Å². The number of fused-ring (bicyclic) bond motifs is 2. The molecule has 2 aliphatic heterocycles. The van der Waals surface area contributed by atoms with Crippen LogP contribution in [0, 0.1) is 19.3 Å². The third-order valence-corrected chi connectivity index (χ3v) is 5.00. The van der Waals surface area contributed by atoms with Gasteiger partial charge >= 0.3 is 0 Å². The second kappa shape index (κ2) is 4.36. The monoisotopic (exact) mass is 245 g/mol. The molecule has 2 aliphatic rings. The summed E-state index contributed by atoms with van der Waals surface area (Å²) >= 11 is 0. The van der Waals surface area contributed by atoms with Crippen LogP contribution in [-0.4, -0.2) is 18.8 Å². The Labute approximate surface area is 110 Å². The van der Waals surface area contributed by atoms with Crippen LogP contribution in [0.2, 0.25) is 0 Å². The van der Waals surface area contributed by atoms with Crippen LogP contribution in [0.25, 0.3) is 0 Å². The van der Waals surface area contributed by atoms with Gasteiger partial charge in [-0.1, -0.05) is 18.2 Å². The zero-order chi connectivity index (χ0) is 12.8. The van der Waals surface area contributed by atoms with E-state index in [9.17, 15) is 0 Å². The fraction of sp³-hybridized carbons (Fsp3) is 0.625. The minimum absolute atomic E-state index is 0.194. The number of aryl methyl sites for hydroxylation is 2. The molecule has 1 aromatic rings. The van der Waals surface area contributed by atoms with Gasteiger partial charge in [0.25, 0.3) is 0 Å². The number of ether oxygens (including phenoxy) is 1. The number of rotatable bonds is 3. The Balaban J connectivity index is 1.91. The predicted molar refractivity (Wildman–Crippen MR) is 73.6 cm³/mol. The maximum atomic E-state index is 6.12. The number of nitrogens with two attached hydrogens (primary N) is 1. The lowest BCUT2D eigenvalue weighted by Gasteiger charge is -2.35. The van der Waals surface area contributed by atoms with Crippen molar-refractivity contribution in [2.24, 2.45) is 11.1 Å². The molecular weight excluding hydrogens is 222 g/mol. The lowest BCUT2D eigenvalue weighted by molar-refractivity contribution is 0.0635. The topological polar surface area (TPSA) is 35.2 Å². The average Bonchev–Trinajstić information content (AvgIpc) is 2.95. The van der Waals surface area contributed by atoms with E-state index in [2.05, 4.69) is 32.0 Å². The smallest absolute Gasteiger partial charge is 0.0652 e. The highest BCUT2D eigenvalue weighted by Gasteiger charge is 2.51. The molecule has 2 saturated heterocycles. The molecule has 3 atom stereocenters. The lowest BCUT2D eigenvalue weighted by Crippen LogP contribution is -2.41. The van der Waals surface area contributed by atoms with Gasteiger partial charge in [0, 0.05) is 12.0 Å². The molecule has 0 amide bonds. The molecule has 2 fully saturated rings. The molecule has 2 N–H and O–H groups in total. The maximum absolute atomic E-state index is 6.12. The summed E-state index contributed by atoms with van der Waals surface area (Å²) in [6.45, 7) is 5.17. The van der Waals surface area contributed by atoms with E-state index < -0.39 is 0 Å². The molecule has 2 heterocycles. The van der Waals surface area contributed by atoms with E-state index in [0.29, 0.717) is 12.2 Å². The predicted octanol–water partition coefficient (Wildman–Crippen LogP) is 2.74. The third kappa shape index (κ3) is 1.79. The van der Waals surface area contributed by atoms with Gasteiger partial charge in [0.1, 0.15) is 0 Å². The Hall–Kier alpha value is -0.860. The lowest BCUT2D eigenvalue weighted by atomic mass is 9.69. The standard InChI is InChI=1S/C16H23NO/c1-11-4-3-5-12(2)14(11)9-16(10-17)8-13-6-7-15(16)18-13/h3-5,13,15H,6-10,17H2,1-2H3. The van der Waals surface area contributed by atoms with E-state index in [-0.39, 0.29) is 5.41 Å². The Bertz CT molecular complexity index is 436. The van der Waals surface area contributed by atoms with Gasteiger partial charge in [0.2, 0.25) is 0 Å². The van der Waals surface area contributed by atoms with Gasteiger partial charge in [0.15, 0.2) is 0 Å². The zero-order valence-corrected chi connectivity index (χ0v) is 11.4. The summed E-state index contributed by atoms with van der Waals surface area (Å²) in [5, 5.41) is 0. The third-order valence-electron chi connectivity index (χ3n) is 5.00. The quantitative estimate of drug-likeness (QED) is 0.888. The van der Waals surface area contributed by atoms with Gasteiger partial charge < -0.3 is 10.5 Å². The molecule has 3 rings (SSSR count). The molecule has 0 aromatic heterocycles. The molecule has 0 saturated carbocycles. The van der Waals surface area contributed by atoms with Crippen molar-refractivity contribution in [1.29, 1.82) is 0 Å². The zero-order valence-electron chi connectivity index (χ0n) is 11.4. The first-order valence-corrected chi connectivity index (χ1v) is 7.05. The molecule has 2 heteroatoms. The van der Waals surface area contributed by atoms with E-state index >= 15 is 0 Å². The summed E-state index contributed by atoms with van der Waals surface area (Å²) < 4.78 is 6.05. The van der Waals surface area contributed by atoms with E-state index in [4.69, 9.17) is 10.5 Å². The Kier molecular flexibility index (Phi) is 2.95. The van der Waals surface area contributed by atoms with Crippen LogP contribution in [0.3, 0.4) is 0 Å². The average molecular weight is 245 g/mol. The van der Waals surface area contributed by atoms with Gasteiger partial charge in [-0.2, -0.15) is 0 Å². The molecule has 0 spiro atoms. The summed E-state index contributed by atoms with van der Waals surface area (Å²) in [4.78, 5) is 0. The molecule has 2 bridgehead atoms. The van der Waals surface area contributed by atoms with Crippen LogP contribution >= 0.6 is 0 Å². The van der Waals surface area contributed by atoms with E-state index in [0.717, 1.165) is 19.4 Å². The van der Waals surface area contributed by atoms with E-state index in [1.165, 1.54) is 29.5 Å². The Morgan fingerprint density at radius 3 is 2.50 bits per heavy atom. The van der Waals surface area contributed by atoms with Crippen molar-refractivity contribution in [2.45, 2.75) is 51.7 Å². The first-order valence-electron chi connectivity index (χ1n) is 7.05. The summed E-state index contributed by atoms with van der Waals surface area (Å²) in [5.41, 5.74) is 10.6. The molecule has 3 unspecified atom stereocenters. The van der Waals surface area contributed by atoms with Gasteiger partial charge in [-0.05, 0) is 56.2 Å². The molecule has 0 aliphatic carbocycles. The van der Waals surface area contributed by atoms with Crippen molar-refractivity contribution in [3.63, 3.8) is 0 Å². The van der Waals surface area contributed by atoms with Crippen molar-refractivity contribution in [3.05, 3.63) is 34.9 Å². The second-order valence-electron chi connectivity index (χ2n) is 6.14. The van der Waals surface area contributed by atoms with Crippen LogP contribution in [0.1, 0.15) is 36.0 Å². The highest BCUT2D eigenvalue weighted by atomic mass is 16.5. The molecule has 0 radical (unpaired) electrons. The van der Waals surface area contributed by atoms with Crippen molar-refractivity contribution in [3.8, 4) is 0 Å². The molecule has 1 aromatic carbocycles. The van der Waals surface area contributed by atoms with Crippen LogP contribution in [-0.2, 0) is 11.2 Å². The summed E-state index contributed by atoms with van der Waals surface area (Å²) in [5.74, 6) is 0. The number of hydrogen-bond acceptors (Lipinski definition) is 2. The molecule has 98 valence electrons. The van der Waals surface area contributed by atoms with Crippen LogP contribution in [0.4, 0.5) is 0 Å². The summed E-state index contributed by atoms with van der Waals surface area (Å²) in [7, 11) is 0. The highest BCUT2D eigenvalue weighted by Crippen LogP contribution is 2.49. The highest BCUT2D eigenvalue weighted by molar-refractivity contribution is 5.35. The Morgan fingerprint density at radius 1 is 1.28 bits per heavy atom. The second-order valence-corrected chi connectivity index (χ2v) is 6.14. The number of hydrogen-bond donors (Lipinski definition) is 1. The van der Waals surface area contributed by atoms with Crippen LogP contribution < -0.4 is 5.73 Å². The van der Waals surface area contributed by atoms with Gasteiger partial charge in [-0.3, -0.25) is 0 Å². The summed E-state index contributed by atoms with van der Waals surface area (Å²) in [6.07, 6.45) is 5.55. The number of benzene rings is 1. The van der Waals surface area contributed by atoms with Gasteiger partial charge in [0.05, 0.1) is 12.2 Å². The van der Waals surface area contributed by atoms with Crippen molar-refractivity contribution < 1.29 is 4.74 Å². The Morgan fingerprint density at radius 2 is 2.00 bits per heavy atom. The first kappa shape index (κ1) is 12.2. The van der Waals surface area contributed by atoms with Crippen molar-refractivity contribution >= 4 is 0 Å². The minimum atomic E-state index is 0.194. The maximum Gasteiger partial charge on any atom is 0.0652 e. The van der Waals surface area contributed by atoms with E-state index in [1.807, 2.05) is 0 Å². The molecule has 2 nitrogen and oxygen atoms in total. The van der Waals surface area contributed by atoms with Crippen LogP contribution in [0.5, 0.6) is 0 Å². The summed E-state index contributed by atoms with van der Waals surface area (Å²) in [6, 6.07) is 6.56. The van der Waals surface area contributed by atoms with Crippen molar-refractivity contribution in [1.82, 2.24) is 0 Å². The first-order chi connectivity index (χ1) is 8.64.